The zero-order valence-corrected chi connectivity index (χ0v) is 9.38. The Bertz CT molecular complexity index is 593. The highest BCUT2D eigenvalue weighted by Gasteiger charge is 2.20. The minimum absolute atomic E-state index is 0.0292. The normalized spacial score (nSPS) is 9.56. The first-order valence-electron chi connectivity index (χ1n) is 5.29. The summed E-state index contributed by atoms with van der Waals surface area (Å²) in [5, 5.41) is 12.1. The highest BCUT2D eigenvalue weighted by Crippen LogP contribution is 2.22. The van der Waals surface area contributed by atoms with Gasteiger partial charge < -0.3 is 10.4 Å². The van der Waals surface area contributed by atoms with Crippen LogP contribution in [0.4, 0.5) is 5.69 Å². The highest BCUT2D eigenvalue weighted by molar-refractivity contribution is 6.09. The van der Waals surface area contributed by atoms with E-state index in [4.69, 9.17) is 0 Å². The molecule has 0 atom stereocenters. The summed E-state index contributed by atoms with van der Waals surface area (Å²) in [7, 11) is 0. The maximum atomic E-state index is 11.9. The van der Waals surface area contributed by atoms with Crippen LogP contribution in [0.2, 0.25) is 0 Å². The summed E-state index contributed by atoms with van der Waals surface area (Å²) in [6.07, 6.45) is 1.70. The molecule has 1 amide bonds. The molecule has 0 radical (unpaired) electrons. The molecule has 88 valence electrons. The largest absolute Gasteiger partial charge is 0.506 e. The molecular weight excluding hydrogens is 230 g/mol. The van der Waals surface area contributed by atoms with E-state index >= 15 is 0 Å². The van der Waals surface area contributed by atoms with Crippen LogP contribution in [0, 0.1) is 0 Å². The number of aromatic hydroxyl groups is 1. The van der Waals surface area contributed by atoms with Crippen molar-refractivity contribution >= 4 is 17.9 Å². The van der Waals surface area contributed by atoms with E-state index in [1.165, 1.54) is 18.2 Å². The average molecular weight is 240 g/mol. The summed E-state index contributed by atoms with van der Waals surface area (Å²) in [6, 6.07) is 12.7. The number of amides is 1. The molecule has 0 aliphatic carbocycles. The number of hydrogen-bond acceptors (Lipinski definition) is 3. The second-order valence-corrected chi connectivity index (χ2v) is 3.62. The van der Waals surface area contributed by atoms with Gasteiger partial charge in [-0.15, -0.1) is 4.79 Å². The molecule has 4 heteroatoms. The van der Waals surface area contributed by atoms with Crippen molar-refractivity contribution < 1.29 is 14.7 Å². The molecule has 0 aliphatic heterocycles. The molecule has 0 saturated carbocycles. The Hall–Kier alpha value is -2.71. The van der Waals surface area contributed by atoms with Crippen molar-refractivity contribution in [2.24, 2.45) is 0 Å². The lowest BCUT2D eigenvalue weighted by atomic mass is 10.1. The highest BCUT2D eigenvalue weighted by atomic mass is 16.3. The smallest absolute Gasteiger partial charge is 0.313 e. The average Bonchev–Trinajstić information content (AvgIpc) is 2.41. The van der Waals surface area contributed by atoms with Crippen molar-refractivity contribution in [3.8, 4) is 5.75 Å². The molecule has 0 saturated heterocycles. The predicted octanol–water partition coefficient (Wildman–Crippen LogP) is 2.10. The number of anilines is 1. The summed E-state index contributed by atoms with van der Waals surface area (Å²) in [5.41, 5.74) is 0.698. The SMILES string of the molecule is O=[C+]c1ccccc1C(=O)Nc1ccccc1O. The molecule has 0 bridgehead atoms. The Labute approximate surface area is 104 Å². The summed E-state index contributed by atoms with van der Waals surface area (Å²) in [4.78, 5) is 22.6. The molecule has 0 fully saturated rings. The van der Waals surface area contributed by atoms with Crippen LogP contribution in [0.5, 0.6) is 5.75 Å². The first kappa shape index (κ1) is 11.8. The lowest BCUT2D eigenvalue weighted by molar-refractivity contribution is 0.102. The third kappa shape index (κ3) is 2.34. The van der Waals surface area contributed by atoms with Gasteiger partial charge in [0, 0.05) is 6.07 Å². The van der Waals surface area contributed by atoms with Gasteiger partial charge in [0.1, 0.15) is 5.75 Å². The summed E-state index contributed by atoms with van der Waals surface area (Å²) < 4.78 is 0. The number of phenols is 1. The van der Waals surface area contributed by atoms with Crippen molar-refractivity contribution in [3.63, 3.8) is 0 Å². The zero-order chi connectivity index (χ0) is 13.0. The Morgan fingerprint density at radius 1 is 1.06 bits per heavy atom. The van der Waals surface area contributed by atoms with Gasteiger partial charge in [-0.3, -0.25) is 4.79 Å². The lowest BCUT2D eigenvalue weighted by Crippen LogP contribution is -2.14. The van der Waals surface area contributed by atoms with Gasteiger partial charge in [0.15, 0.2) is 5.56 Å². The van der Waals surface area contributed by atoms with E-state index in [0.29, 0.717) is 5.69 Å². The van der Waals surface area contributed by atoms with Gasteiger partial charge in [-0.25, -0.2) is 0 Å². The molecule has 2 N–H and O–H groups in total. The van der Waals surface area contributed by atoms with Crippen LogP contribution < -0.4 is 5.32 Å². The first-order valence-corrected chi connectivity index (χ1v) is 5.29. The van der Waals surface area contributed by atoms with E-state index in [0.717, 1.165) is 0 Å². The van der Waals surface area contributed by atoms with Crippen molar-refractivity contribution in [1.82, 2.24) is 0 Å². The van der Waals surface area contributed by atoms with Gasteiger partial charge in [-0.1, -0.05) is 12.1 Å². The number of hydrogen-bond donors (Lipinski definition) is 2. The van der Waals surface area contributed by atoms with E-state index in [1.54, 1.807) is 36.6 Å². The fraction of sp³-hybridized carbons (Fsp3) is 0. The Morgan fingerprint density at radius 2 is 1.72 bits per heavy atom. The van der Waals surface area contributed by atoms with Gasteiger partial charge in [-0.05, 0) is 24.3 Å². The van der Waals surface area contributed by atoms with Crippen molar-refractivity contribution in [2.75, 3.05) is 5.32 Å². The second kappa shape index (κ2) is 5.08. The van der Waals surface area contributed by atoms with Crippen molar-refractivity contribution in [2.45, 2.75) is 0 Å². The van der Waals surface area contributed by atoms with E-state index < -0.39 is 5.91 Å². The molecule has 0 unspecified atom stereocenters. The number of para-hydroxylation sites is 2. The van der Waals surface area contributed by atoms with Crippen LogP contribution in [0.1, 0.15) is 15.9 Å². The third-order valence-electron chi connectivity index (χ3n) is 2.43. The van der Waals surface area contributed by atoms with Gasteiger partial charge in [-0.2, -0.15) is 0 Å². The first-order chi connectivity index (χ1) is 8.72. The second-order valence-electron chi connectivity index (χ2n) is 3.62. The molecule has 2 rings (SSSR count). The summed E-state index contributed by atoms with van der Waals surface area (Å²) in [5.74, 6) is -0.492. The van der Waals surface area contributed by atoms with E-state index in [2.05, 4.69) is 5.32 Å². The molecule has 4 nitrogen and oxygen atoms in total. The summed E-state index contributed by atoms with van der Waals surface area (Å²) in [6.45, 7) is 0. The molecule has 18 heavy (non-hydrogen) atoms. The van der Waals surface area contributed by atoms with E-state index in [-0.39, 0.29) is 16.9 Å². The topological polar surface area (TPSA) is 66.4 Å². The van der Waals surface area contributed by atoms with Gasteiger partial charge >= 0.3 is 12.2 Å². The molecule has 0 aliphatic rings. The van der Waals surface area contributed by atoms with Crippen molar-refractivity contribution in [1.29, 1.82) is 0 Å². The van der Waals surface area contributed by atoms with Crippen LogP contribution in [0.25, 0.3) is 0 Å². The minimum Gasteiger partial charge on any atom is -0.506 e. The quantitative estimate of drug-likeness (QED) is 0.637. The fourth-order valence-electron chi connectivity index (χ4n) is 1.54. The van der Waals surface area contributed by atoms with Crippen molar-refractivity contribution in [3.05, 3.63) is 59.7 Å². The number of carbonyl (C=O) groups excluding carboxylic acids is 2. The Kier molecular flexibility index (Phi) is 3.32. The number of carbonyl (C=O) groups is 1. The molecular formula is C14H10NO3+. The van der Waals surface area contributed by atoms with Gasteiger partial charge in [0.25, 0.3) is 0 Å². The zero-order valence-electron chi connectivity index (χ0n) is 9.38. The third-order valence-corrected chi connectivity index (χ3v) is 2.43. The van der Waals surface area contributed by atoms with Crippen LogP contribution in [-0.4, -0.2) is 17.3 Å². The van der Waals surface area contributed by atoms with Crippen LogP contribution >= 0.6 is 0 Å². The maximum Gasteiger partial charge on any atom is 0.313 e. The fourth-order valence-corrected chi connectivity index (χ4v) is 1.54. The van der Waals surface area contributed by atoms with Crippen LogP contribution in [-0.2, 0) is 4.79 Å². The van der Waals surface area contributed by atoms with Crippen LogP contribution in [0.3, 0.4) is 0 Å². The Balaban J connectivity index is 2.28. The monoisotopic (exact) mass is 240 g/mol. The van der Waals surface area contributed by atoms with Gasteiger partial charge in [0.2, 0.25) is 5.56 Å². The summed E-state index contributed by atoms with van der Waals surface area (Å²) >= 11 is 0. The lowest BCUT2D eigenvalue weighted by Gasteiger charge is -2.04. The molecule has 0 heterocycles. The number of phenolic OH excluding ortho intramolecular Hbond substituents is 1. The molecule has 2 aromatic carbocycles. The Morgan fingerprint density at radius 3 is 2.44 bits per heavy atom. The standard InChI is InChI=1S/C14H9NO3/c16-9-10-5-1-2-6-11(10)14(18)15-12-7-3-4-8-13(12)17/h1-8H,(H-,15,16,17,18)/p+1. The van der Waals surface area contributed by atoms with Gasteiger partial charge in [0.05, 0.1) is 11.8 Å². The number of benzene rings is 2. The molecule has 2 aromatic rings. The number of nitrogens with one attached hydrogen (secondary N) is 1. The van der Waals surface area contributed by atoms with E-state index in [9.17, 15) is 14.7 Å². The number of rotatable bonds is 3. The molecule has 0 aromatic heterocycles. The van der Waals surface area contributed by atoms with E-state index in [1.807, 2.05) is 0 Å². The minimum atomic E-state index is -0.463. The molecule has 0 spiro atoms. The predicted molar refractivity (Wildman–Crippen MR) is 67.3 cm³/mol. The van der Waals surface area contributed by atoms with Crippen LogP contribution in [0.15, 0.2) is 48.5 Å². The maximum absolute atomic E-state index is 11.9.